The molecule has 0 aromatic carbocycles. The summed E-state index contributed by atoms with van der Waals surface area (Å²) in [5.74, 6) is 0.498. The Bertz CT molecular complexity index is 759. The molecule has 1 aliphatic heterocycles. The third kappa shape index (κ3) is 3.66. The number of amides is 1. The normalized spacial score (nSPS) is 17.4. The fourth-order valence-electron chi connectivity index (χ4n) is 3.16. The lowest BCUT2D eigenvalue weighted by molar-refractivity contribution is 0.0784. The van der Waals surface area contributed by atoms with E-state index in [1.54, 1.807) is 23.6 Å². The van der Waals surface area contributed by atoms with Gasteiger partial charge in [-0.2, -0.15) is 5.26 Å². The molecule has 3 heterocycles. The summed E-state index contributed by atoms with van der Waals surface area (Å²) in [5.41, 5.74) is 3.99. The Morgan fingerprint density at radius 1 is 1.62 bits per heavy atom. The number of carbonyl (C=O) groups is 1. The van der Waals surface area contributed by atoms with Gasteiger partial charge in [-0.3, -0.25) is 4.79 Å². The van der Waals surface area contributed by atoms with Crippen LogP contribution in [0.3, 0.4) is 0 Å². The molecule has 1 N–H and O–H groups in total. The lowest BCUT2D eigenvalue weighted by atomic mass is 10.1. The topological polar surface area (TPSA) is 76.0 Å². The number of aromatic nitrogens is 2. The molecular weight excluding hydrogens is 322 g/mol. The van der Waals surface area contributed by atoms with Crippen LogP contribution in [0.25, 0.3) is 0 Å². The van der Waals surface area contributed by atoms with Crippen molar-refractivity contribution in [2.24, 2.45) is 5.92 Å². The van der Waals surface area contributed by atoms with Crippen LogP contribution >= 0.6 is 11.3 Å². The van der Waals surface area contributed by atoms with Crippen LogP contribution in [0.2, 0.25) is 0 Å². The predicted molar refractivity (Wildman–Crippen MR) is 92.7 cm³/mol. The van der Waals surface area contributed by atoms with Crippen LogP contribution in [0.1, 0.15) is 33.0 Å². The summed E-state index contributed by atoms with van der Waals surface area (Å²) >= 11 is 1.70. The van der Waals surface area contributed by atoms with E-state index in [1.807, 2.05) is 23.4 Å². The second kappa shape index (κ2) is 7.16. The third-order valence-corrected chi connectivity index (χ3v) is 5.37. The van der Waals surface area contributed by atoms with Crippen LogP contribution in [-0.2, 0) is 6.54 Å². The number of aryl methyl sites for hydroxylation is 1. The summed E-state index contributed by atoms with van der Waals surface area (Å²) in [5, 5.41) is 8.85. The SMILES string of the molecule is Cc1ncsc1CN(C)CC1CCN(C(=O)c2c[nH]c(C#N)c2)C1. The van der Waals surface area contributed by atoms with Crippen LogP contribution in [-0.4, -0.2) is 52.4 Å². The Hall–Kier alpha value is -2.17. The molecule has 0 aliphatic carbocycles. The van der Waals surface area contributed by atoms with Crippen LogP contribution in [0.15, 0.2) is 17.8 Å². The van der Waals surface area contributed by atoms with Gasteiger partial charge in [0.2, 0.25) is 0 Å². The monoisotopic (exact) mass is 343 g/mol. The van der Waals surface area contributed by atoms with Gasteiger partial charge in [0.1, 0.15) is 11.8 Å². The van der Waals surface area contributed by atoms with E-state index in [9.17, 15) is 4.79 Å². The summed E-state index contributed by atoms with van der Waals surface area (Å²) in [6.45, 7) is 5.48. The molecule has 1 fully saturated rings. The number of nitrogens with zero attached hydrogens (tertiary/aromatic N) is 4. The molecule has 2 aromatic rings. The summed E-state index contributed by atoms with van der Waals surface area (Å²) in [6, 6.07) is 3.64. The smallest absolute Gasteiger partial charge is 0.255 e. The van der Waals surface area contributed by atoms with Crippen LogP contribution < -0.4 is 0 Å². The number of likely N-dealkylation sites (tertiary alicyclic amines) is 1. The average molecular weight is 343 g/mol. The van der Waals surface area contributed by atoms with E-state index in [2.05, 4.69) is 21.9 Å². The van der Waals surface area contributed by atoms with E-state index in [0.717, 1.165) is 38.3 Å². The minimum Gasteiger partial charge on any atom is -0.352 e. The predicted octanol–water partition coefficient (Wildman–Crippen LogP) is 2.25. The first-order chi connectivity index (χ1) is 11.6. The quantitative estimate of drug-likeness (QED) is 0.903. The van der Waals surface area contributed by atoms with Crippen molar-refractivity contribution in [3.8, 4) is 6.07 Å². The van der Waals surface area contributed by atoms with Crippen molar-refractivity contribution >= 4 is 17.2 Å². The number of H-pyrrole nitrogens is 1. The minimum atomic E-state index is 0.0104. The van der Waals surface area contributed by atoms with Crippen LogP contribution in [0, 0.1) is 24.2 Å². The van der Waals surface area contributed by atoms with Crippen LogP contribution in [0.5, 0.6) is 0 Å². The number of nitriles is 1. The van der Waals surface area contributed by atoms with Crippen molar-refractivity contribution in [3.63, 3.8) is 0 Å². The molecule has 3 rings (SSSR count). The molecule has 1 amide bonds. The van der Waals surface area contributed by atoms with Crippen molar-refractivity contribution in [2.75, 3.05) is 26.7 Å². The van der Waals surface area contributed by atoms with E-state index in [4.69, 9.17) is 5.26 Å². The summed E-state index contributed by atoms with van der Waals surface area (Å²) in [6.07, 6.45) is 2.64. The third-order valence-electron chi connectivity index (χ3n) is 4.45. The van der Waals surface area contributed by atoms with Gasteiger partial charge in [0.25, 0.3) is 5.91 Å². The van der Waals surface area contributed by atoms with Gasteiger partial charge in [0.15, 0.2) is 0 Å². The highest BCUT2D eigenvalue weighted by atomic mass is 32.1. The van der Waals surface area contributed by atoms with Gasteiger partial charge in [-0.1, -0.05) is 0 Å². The summed E-state index contributed by atoms with van der Waals surface area (Å²) < 4.78 is 0. The molecule has 0 bridgehead atoms. The molecular formula is C17H21N5OS. The molecule has 0 saturated carbocycles. The van der Waals surface area contributed by atoms with Crippen molar-refractivity contribution in [3.05, 3.63) is 39.6 Å². The lowest BCUT2D eigenvalue weighted by Gasteiger charge is -2.21. The molecule has 7 heteroatoms. The zero-order chi connectivity index (χ0) is 17.1. The molecule has 1 unspecified atom stereocenters. The maximum Gasteiger partial charge on any atom is 0.255 e. The Kier molecular flexibility index (Phi) is 4.97. The number of nitrogens with one attached hydrogen (secondary N) is 1. The highest BCUT2D eigenvalue weighted by Gasteiger charge is 2.28. The fraction of sp³-hybridized carbons (Fsp3) is 0.471. The number of rotatable bonds is 5. The van der Waals surface area contributed by atoms with E-state index >= 15 is 0 Å². The summed E-state index contributed by atoms with van der Waals surface area (Å²) in [4.78, 5) is 25.1. The first-order valence-electron chi connectivity index (χ1n) is 8.02. The molecule has 1 saturated heterocycles. The average Bonchev–Trinajstić information content (AvgIpc) is 3.29. The van der Waals surface area contributed by atoms with Crippen molar-refractivity contribution in [1.29, 1.82) is 5.26 Å². The largest absolute Gasteiger partial charge is 0.352 e. The maximum atomic E-state index is 12.5. The number of thiazole rings is 1. The maximum absolute atomic E-state index is 12.5. The molecule has 2 aromatic heterocycles. The van der Waals surface area contributed by atoms with Crippen molar-refractivity contribution < 1.29 is 4.79 Å². The Labute approximate surface area is 145 Å². The molecule has 6 nitrogen and oxygen atoms in total. The van der Waals surface area contributed by atoms with Gasteiger partial charge in [-0.25, -0.2) is 4.98 Å². The standard InChI is InChI=1S/C17H21N5OS/c1-12-16(24-11-20-12)10-21(2)8-13-3-4-22(9-13)17(23)14-5-15(6-18)19-7-14/h5,7,11,13,19H,3-4,8-10H2,1-2H3. The highest BCUT2D eigenvalue weighted by Crippen LogP contribution is 2.21. The molecule has 0 radical (unpaired) electrons. The second-order valence-corrected chi connectivity index (χ2v) is 7.32. The summed E-state index contributed by atoms with van der Waals surface area (Å²) in [7, 11) is 2.12. The van der Waals surface area contributed by atoms with Gasteiger partial charge in [-0.05, 0) is 32.4 Å². The van der Waals surface area contributed by atoms with Crippen molar-refractivity contribution in [1.82, 2.24) is 19.8 Å². The van der Waals surface area contributed by atoms with Gasteiger partial charge in [0, 0.05) is 37.3 Å². The number of carbonyl (C=O) groups excluding carboxylic acids is 1. The molecule has 24 heavy (non-hydrogen) atoms. The second-order valence-electron chi connectivity index (χ2n) is 6.38. The molecule has 0 spiro atoms. The molecule has 1 atom stereocenters. The number of aromatic amines is 1. The van der Waals surface area contributed by atoms with Gasteiger partial charge >= 0.3 is 0 Å². The molecule has 1 aliphatic rings. The Balaban J connectivity index is 1.52. The zero-order valence-electron chi connectivity index (χ0n) is 14.0. The highest BCUT2D eigenvalue weighted by molar-refractivity contribution is 7.09. The van der Waals surface area contributed by atoms with Gasteiger partial charge in [0.05, 0.1) is 16.8 Å². The zero-order valence-corrected chi connectivity index (χ0v) is 14.8. The number of hydrogen-bond donors (Lipinski definition) is 1. The molecule has 126 valence electrons. The first kappa shape index (κ1) is 16.7. The van der Waals surface area contributed by atoms with E-state index in [-0.39, 0.29) is 5.91 Å². The van der Waals surface area contributed by atoms with Gasteiger partial charge < -0.3 is 14.8 Å². The van der Waals surface area contributed by atoms with Crippen molar-refractivity contribution in [2.45, 2.75) is 19.9 Å². The Morgan fingerprint density at radius 2 is 2.46 bits per heavy atom. The number of hydrogen-bond acceptors (Lipinski definition) is 5. The van der Waals surface area contributed by atoms with E-state index in [0.29, 0.717) is 17.2 Å². The van der Waals surface area contributed by atoms with Gasteiger partial charge in [-0.15, -0.1) is 11.3 Å². The lowest BCUT2D eigenvalue weighted by Crippen LogP contribution is -2.31. The first-order valence-corrected chi connectivity index (χ1v) is 8.90. The van der Waals surface area contributed by atoms with Crippen LogP contribution in [0.4, 0.5) is 0 Å². The fourth-order valence-corrected chi connectivity index (χ4v) is 4.02. The Morgan fingerprint density at radius 3 is 3.12 bits per heavy atom. The van der Waals surface area contributed by atoms with E-state index in [1.165, 1.54) is 4.88 Å². The minimum absolute atomic E-state index is 0.0104. The van der Waals surface area contributed by atoms with E-state index < -0.39 is 0 Å².